The lowest BCUT2D eigenvalue weighted by atomic mass is 9.65. The number of hydrogen-bond donors (Lipinski definition) is 2. The molecule has 0 bridgehead atoms. The molecule has 0 amide bonds. The van der Waals surface area contributed by atoms with E-state index in [1.54, 1.807) is 24.3 Å². The Labute approximate surface area is 166 Å². The first-order chi connectivity index (χ1) is 13.7. The van der Waals surface area contributed by atoms with Crippen molar-refractivity contribution in [3.8, 4) is 0 Å². The molecule has 0 saturated heterocycles. The van der Waals surface area contributed by atoms with Crippen molar-refractivity contribution < 1.29 is 8.83 Å². The molecule has 7 heteroatoms. The maximum atomic E-state index is 6.42. The molecule has 0 saturated carbocycles. The third kappa shape index (κ3) is 2.43. The third-order valence-electron chi connectivity index (χ3n) is 5.24. The fourth-order valence-corrected chi connectivity index (χ4v) is 5.58. The molecule has 1 unspecified atom stereocenters. The zero-order chi connectivity index (χ0) is 19.1. The second-order valence-electron chi connectivity index (χ2n) is 6.74. The Morgan fingerprint density at radius 2 is 1.57 bits per heavy atom. The molecule has 1 aliphatic rings. The molecule has 0 fully saturated rings. The maximum absolute atomic E-state index is 6.42. The molecular formula is C21H18N4O2S. The first-order valence-corrected chi connectivity index (χ1v) is 9.87. The zero-order valence-corrected chi connectivity index (χ0v) is 15.7. The largest absolute Gasteiger partial charge is 0.469 e. The quantitative estimate of drug-likeness (QED) is 0.507. The molecule has 4 aromatic rings. The molecule has 6 nitrogen and oxygen atoms in total. The van der Waals surface area contributed by atoms with Gasteiger partial charge in [-0.25, -0.2) is 4.98 Å². The third-order valence-corrected chi connectivity index (χ3v) is 6.41. The summed E-state index contributed by atoms with van der Waals surface area (Å²) in [4.78, 5) is 8.75. The summed E-state index contributed by atoms with van der Waals surface area (Å²) in [5.41, 5.74) is 13.7. The van der Waals surface area contributed by atoms with E-state index in [9.17, 15) is 0 Å². The number of fused-ring (bicyclic) bond motifs is 1. The maximum Gasteiger partial charge on any atom is 0.223 e. The van der Waals surface area contributed by atoms with Gasteiger partial charge in [-0.1, -0.05) is 30.3 Å². The minimum atomic E-state index is -0.561. The van der Waals surface area contributed by atoms with Crippen LogP contribution >= 0.6 is 11.8 Å². The molecule has 28 heavy (non-hydrogen) atoms. The van der Waals surface area contributed by atoms with Gasteiger partial charge in [0, 0.05) is 11.3 Å². The Bertz CT molecular complexity index is 1060. The van der Waals surface area contributed by atoms with Crippen molar-refractivity contribution in [2.45, 2.75) is 16.4 Å². The minimum Gasteiger partial charge on any atom is -0.469 e. The monoisotopic (exact) mass is 390 g/mol. The molecule has 4 heterocycles. The van der Waals surface area contributed by atoms with Crippen LogP contribution in [0.4, 0.5) is 11.8 Å². The predicted molar refractivity (Wildman–Crippen MR) is 108 cm³/mol. The van der Waals surface area contributed by atoms with Gasteiger partial charge in [0.2, 0.25) is 5.95 Å². The van der Waals surface area contributed by atoms with Crippen molar-refractivity contribution in [3.63, 3.8) is 0 Å². The number of aromatic nitrogens is 2. The van der Waals surface area contributed by atoms with Crippen LogP contribution in [0.1, 0.15) is 28.6 Å². The fourth-order valence-electron chi connectivity index (χ4n) is 4.15. The fraction of sp³-hybridized carbons (Fsp3) is 0.143. The van der Waals surface area contributed by atoms with E-state index >= 15 is 0 Å². The molecule has 1 atom stereocenters. The van der Waals surface area contributed by atoms with Crippen molar-refractivity contribution in [3.05, 3.63) is 89.8 Å². The number of rotatable bonds is 4. The highest BCUT2D eigenvalue weighted by atomic mass is 32.2. The lowest BCUT2D eigenvalue weighted by molar-refractivity contribution is 0.357. The van der Waals surface area contributed by atoms with Gasteiger partial charge in [-0.2, -0.15) is 4.98 Å². The summed E-state index contributed by atoms with van der Waals surface area (Å²) in [6.07, 6.45) is 3.35. The normalized spacial score (nSPS) is 18.5. The summed E-state index contributed by atoms with van der Waals surface area (Å²) in [6.45, 7) is 0. The Kier molecular flexibility index (Phi) is 3.91. The Morgan fingerprint density at radius 3 is 2.18 bits per heavy atom. The SMILES string of the molecule is Nc1nc(N)c2c(n1)SCC2(c1ccccc1)C(c1ccco1)c1ccco1. The number of nitrogen functional groups attached to an aromatic ring is 2. The highest BCUT2D eigenvalue weighted by molar-refractivity contribution is 7.99. The van der Waals surface area contributed by atoms with Crippen molar-refractivity contribution >= 4 is 23.5 Å². The van der Waals surface area contributed by atoms with Crippen LogP contribution < -0.4 is 11.5 Å². The number of anilines is 2. The average Bonchev–Trinajstić information content (AvgIpc) is 3.45. The number of thioether (sulfide) groups is 1. The van der Waals surface area contributed by atoms with E-state index in [0.717, 1.165) is 27.7 Å². The summed E-state index contributed by atoms with van der Waals surface area (Å²) in [7, 11) is 0. The molecule has 140 valence electrons. The minimum absolute atomic E-state index is 0.181. The topological polar surface area (TPSA) is 104 Å². The van der Waals surface area contributed by atoms with Crippen LogP contribution in [0.25, 0.3) is 0 Å². The van der Waals surface area contributed by atoms with Gasteiger partial charge in [0.15, 0.2) is 0 Å². The lowest BCUT2D eigenvalue weighted by Crippen LogP contribution is -2.37. The Morgan fingerprint density at radius 1 is 0.893 bits per heavy atom. The van der Waals surface area contributed by atoms with Crippen LogP contribution in [-0.2, 0) is 5.41 Å². The van der Waals surface area contributed by atoms with Crippen molar-refractivity contribution in [1.29, 1.82) is 0 Å². The van der Waals surface area contributed by atoms with E-state index in [1.807, 2.05) is 42.5 Å². The van der Waals surface area contributed by atoms with Gasteiger partial charge in [0.25, 0.3) is 0 Å². The summed E-state index contributed by atoms with van der Waals surface area (Å²) >= 11 is 1.63. The molecule has 1 aromatic carbocycles. The van der Waals surface area contributed by atoms with Gasteiger partial charge in [0.1, 0.15) is 22.4 Å². The average molecular weight is 390 g/mol. The van der Waals surface area contributed by atoms with E-state index in [1.165, 1.54) is 0 Å². The van der Waals surface area contributed by atoms with Gasteiger partial charge in [0.05, 0.1) is 23.9 Å². The summed E-state index contributed by atoms with van der Waals surface area (Å²) in [5.74, 6) is 2.63. The standard InChI is InChI=1S/C21H18N4O2S/c22-18-17-19(25-20(23)24-18)28-12-21(17,13-6-2-1-3-7-13)16(14-8-4-10-26-14)15-9-5-11-27-15/h1-11,16H,12H2,(H4,22,23,24,25). The van der Waals surface area contributed by atoms with Crippen LogP contribution in [0.5, 0.6) is 0 Å². The second kappa shape index (κ2) is 6.45. The van der Waals surface area contributed by atoms with Crippen molar-refractivity contribution in [2.75, 3.05) is 17.2 Å². The van der Waals surface area contributed by atoms with Gasteiger partial charge < -0.3 is 20.3 Å². The summed E-state index contributed by atoms with van der Waals surface area (Å²) in [5, 5.41) is 0.803. The van der Waals surface area contributed by atoms with Crippen molar-refractivity contribution in [2.24, 2.45) is 0 Å². The van der Waals surface area contributed by atoms with Gasteiger partial charge in [-0.3, -0.25) is 0 Å². The molecule has 5 rings (SSSR count). The van der Waals surface area contributed by atoms with Crippen LogP contribution in [0, 0.1) is 0 Å². The first-order valence-electron chi connectivity index (χ1n) is 8.89. The molecule has 3 aromatic heterocycles. The van der Waals surface area contributed by atoms with E-state index in [4.69, 9.17) is 20.3 Å². The predicted octanol–water partition coefficient (Wildman–Crippen LogP) is 4.05. The van der Waals surface area contributed by atoms with E-state index in [0.29, 0.717) is 11.6 Å². The van der Waals surface area contributed by atoms with Crippen LogP contribution in [-0.4, -0.2) is 15.7 Å². The van der Waals surface area contributed by atoms with E-state index in [-0.39, 0.29) is 11.9 Å². The highest BCUT2D eigenvalue weighted by Crippen LogP contribution is 2.58. The van der Waals surface area contributed by atoms with Crippen LogP contribution in [0.2, 0.25) is 0 Å². The van der Waals surface area contributed by atoms with Crippen LogP contribution in [0.15, 0.2) is 81.0 Å². The molecule has 0 radical (unpaired) electrons. The lowest BCUT2D eigenvalue weighted by Gasteiger charge is -2.36. The van der Waals surface area contributed by atoms with Gasteiger partial charge >= 0.3 is 0 Å². The summed E-state index contributed by atoms with van der Waals surface area (Å²) in [6, 6.07) is 18.0. The molecular weight excluding hydrogens is 372 g/mol. The number of nitrogens with two attached hydrogens (primary N) is 2. The second-order valence-corrected chi connectivity index (χ2v) is 7.70. The summed E-state index contributed by atoms with van der Waals surface area (Å²) < 4.78 is 11.8. The molecule has 1 aliphatic heterocycles. The number of benzene rings is 1. The number of hydrogen-bond acceptors (Lipinski definition) is 7. The molecule has 0 spiro atoms. The van der Waals surface area contributed by atoms with E-state index in [2.05, 4.69) is 22.1 Å². The van der Waals surface area contributed by atoms with E-state index < -0.39 is 5.41 Å². The Hall–Kier alpha value is -3.19. The van der Waals surface area contributed by atoms with Gasteiger partial charge in [-0.15, -0.1) is 11.8 Å². The Balaban J connectivity index is 1.85. The molecule has 4 N–H and O–H groups in total. The van der Waals surface area contributed by atoms with Crippen LogP contribution in [0.3, 0.4) is 0 Å². The zero-order valence-electron chi connectivity index (χ0n) is 14.9. The van der Waals surface area contributed by atoms with Crippen molar-refractivity contribution in [1.82, 2.24) is 9.97 Å². The smallest absolute Gasteiger partial charge is 0.223 e. The molecule has 0 aliphatic carbocycles. The van der Waals surface area contributed by atoms with Gasteiger partial charge in [-0.05, 0) is 29.8 Å². The highest BCUT2D eigenvalue weighted by Gasteiger charge is 2.53. The number of nitrogens with zero attached hydrogens (tertiary/aromatic N) is 2. The number of furan rings is 2. The first kappa shape index (κ1) is 16.9.